The van der Waals surface area contributed by atoms with E-state index in [0.717, 1.165) is 23.5 Å². The minimum absolute atomic E-state index is 0.0257. The van der Waals surface area contributed by atoms with Crippen molar-refractivity contribution in [1.82, 2.24) is 5.32 Å². The molecule has 0 radical (unpaired) electrons. The predicted octanol–water partition coefficient (Wildman–Crippen LogP) is 3.07. The number of nitrogens with one attached hydrogen (secondary N) is 1. The van der Waals surface area contributed by atoms with Crippen molar-refractivity contribution in [2.45, 2.75) is 29.8 Å². The van der Waals surface area contributed by atoms with E-state index in [9.17, 15) is 4.79 Å². The zero-order chi connectivity index (χ0) is 14.5. The summed E-state index contributed by atoms with van der Waals surface area (Å²) in [5.41, 5.74) is 7.02. The van der Waals surface area contributed by atoms with Crippen LogP contribution in [-0.4, -0.2) is 29.7 Å². The van der Waals surface area contributed by atoms with E-state index in [1.165, 1.54) is 4.90 Å². The second kappa shape index (κ2) is 7.59. The Bertz CT molecular complexity index is 484. The van der Waals surface area contributed by atoms with E-state index in [1.807, 2.05) is 24.5 Å². The first kappa shape index (κ1) is 16.0. The molecule has 1 aromatic rings. The van der Waals surface area contributed by atoms with Crippen LogP contribution >= 0.6 is 35.1 Å². The highest BCUT2D eigenvalue weighted by molar-refractivity contribution is 7.99. The number of amides is 1. The Kier molecular flexibility index (Phi) is 6.08. The predicted molar refractivity (Wildman–Crippen MR) is 88.7 cm³/mol. The fraction of sp³-hybridized carbons (Fsp3) is 0.500. The Morgan fingerprint density at radius 3 is 3.20 bits per heavy atom. The summed E-state index contributed by atoms with van der Waals surface area (Å²) in [6.07, 6.45) is 3.64. The van der Waals surface area contributed by atoms with Crippen LogP contribution in [0.25, 0.3) is 0 Å². The van der Waals surface area contributed by atoms with Crippen molar-refractivity contribution < 1.29 is 4.79 Å². The minimum atomic E-state index is -0.431. The minimum Gasteiger partial charge on any atom is -0.348 e. The molecule has 1 aliphatic rings. The van der Waals surface area contributed by atoms with E-state index in [0.29, 0.717) is 11.4 Å². The summed E-state index contributed by atoms with van der Waals surface area (Å²) >= 11 is 9.57. The van der Waals surface area contributed by atoms with Gasteiger partial charge in [0, 0.05) is 15.7 Å². The first-order valence-electron chi connectivity index (χ1n) is 6.59. The zero-order valence-electron chi connectivity index (χ0n) is 11.4. The molecule has 1 aliphatic heterocycles. The standard InChI is InChI=1S/C14H19ClN2OS2/c1-19-6-4-11(16)14(18)17-12-5-7-20-13-3-2-9(15)8-10(12)13/h2-3,8,11-12H,4-7,16H2,1H3,(H,17,18)/t11-,12?/m1/s1. The number of thioether (sulfide) groups is 2. The highest BCUT2D eigenvalue weighted by Crippen LogP contribution is 2.37. The lowest BCUT2D eigenvalue weighted by atomic mass is 10.0. The molecule has 3 N–H and O–H groups in total. The lowest BCUT2D eigenvalue weighted by Gasteiger charge is -2.27. The second-order valence-electron chi connectivity index (χ2n) is 4.77. The first-order chi connectivity index (χ1) is 9.61. The van der Waals surface area contributed by atoms with Crippen LogP contribution in [0.4, 0.5) is 0 Å². The van der Waals surface area contributed by atoms with Gasteiger partial charge in [0.15, 0.2) is 0 Å². The fourth-order valence-electron chi connectivity index (χ4n) is 2.17. The van der Waals surface area contributed by atoms with Gasteiger partial charge in [-0.2, -0.15) is 11.8 Å². The average Bonchev–Trinajstić information content (AvgIpc) is 2.45. The largest absolute Gasteiger partial charge is 0.348 e. The van der Waals surface area contributed by atoms with Gasteiger partial charge in [0.25, 0.3) is 0 Å². The molecule has 1 unspecified atom stereocenters. The van der Waals surface area contributed by atoms with Crippen LogP contribution in [0.15, 0.2) is 23.1 Å². The molecule has 0 bridgehead atoms. The third kappa shape index (κ3) is 4.07. The van der Waals surface area contributed by atoms with Crippen molar-refractivity contribution in [2.75, 3.05) is 17.8 Å². The number of benzene rings is 1. The number of hydrogen-bond acceptors (Lipinski definition) is 4. The van der Waals surface area contributed by atoms with Gasteiger partial charge in [-0.05, 0) is 48.6 Å². The molecule has 1 amide bonds. The van der Waals surface area contributed by atoms with E-state index in [4.69, 9.17) is 17.3 Å². The van der Waals surface area contributed by atoms with Crippen molar-refractivity contribution >= 4 is 41.0 Å². The third-order valence-corrected chi connectivity index (χ3v) is 5.30. The summed E-state index contributed by atoms with van der Waals surface area (Å²) < 4.78 is 0. The van der Waals surface area contributed by atoms with E-state index >= 15 is 0 Å². The summed E-state index contributed by atoms with van der Waals surface area (Å²) in [6, 6.07) is 5.45. The number of halogens is 1. The second-order valence-corrected chi connectivity index (χ2v) is 7.33. The third-order valence-electron chi connectivity index (χ3n) is 3.30. The first-order valence-corrected chi connectivity index (χ1v) is 9.34. The molecule has 0 aliphatic carbocycles. The summed E-state index contributed by atoms with van der Waals surface area (Å²) in [6.45, 7) is 0. The maximum absolute atomic E-state index is 12.1. The molecule has 3 nitrogen and oxygen atoms in total. The highest BCUT2D eigenvalue weighted by Gasteiger charge is 2.24. The summed E-state index contributed by atoms with van der Waals surface area (Å²) in [5.74, 6) is 1.83. The smallest absolute Gasteiger partial charge is 0.237 e. The van der Waals surface area contributed by atoms with Crippen molar-refractivity contribution in [3.63, 3.8) is 0 Å². The quantitative estimate of drug-likeness (QED) is 0.871. The summed E-state index contributed by atoms with van der Waals surface area (Å²) in [4.78, 5) is 13.3. The van der Waals surface area contributed by atoms with Crippen LogP contribution in [0.3, 0.4) is 0 Å². The normalized spacial score (nSPS) is 19.2. The molecule has 6 heteroatoms. The lowest BCUT2D eigenvalue weighted by molar-refractivity contribution is -0.123. The van der Waals surface area contributed by atoms with E-state index in [1.54, 1.807) is 23.5 Å². The van der Waals surface area contributed by atoms with Crippen LogP contribution in [0.2, 0.25) is 5.02 Å². The molecular weight excluding hydrogens is 312 g/mol. The number of nitrogens with two attached hydrogens (primary N) is 1. The van der Waals surface area contributed by atoms with Crippen molar-refractivity contribution in [2.24, 2.45) is 5.73 Å². The SMILES string of the molecule is CSCC[C@@H](N)C(=O)NC1CCSc2ccc(Cl)cc21. The summed E-state index contributed by atoms with van der Waals surface area (Å²) in [5, 5.41) is 3.77. The van der Waals surface area contributed by atoms with Gasteiger partial charge in [0.2, 0.25) is 5.91 Å². The van der Waals surface area contributed by atoms with Gasteiger partial charge < -0.3 is 11.1 Å². The molecular formula is C14H19ClN2OS2. The van der Waals surface area contributed by atoms with Crippen molar-refractivity contribution in [3.8, 4) is 0 Å². The zero-order valence-corrected chi connectivity index (χ0v) is 13.8. The van der Waals surface area contributed by atoms with Gasteiger partial charge in [-0.25, -0.2) is 0 Å². The van der Waals surface area contributed by atoms with Gasteiger partial charge in [-0.15, -0.1) is 11.8 Å². The van der Waals surface area contributed by atoms with E-state index in [-0.39, 0.29) is 11.9 Å². The van der Waals surface area contributed by atoms with Crippen LogP contribution in [-0.2, 0) is 4.79 Å². The van der Waals surface area contributed by atoms with Crippen LogP contribution < -0.4 is 11.1 Å². The van der Waals surface area contributed by atoms with Gasteiger partial charge in [0.1, 0.15) is 0 Å². The molecule has 1 heterocycles. The number of fused-ring (bicyclic) bond motifs is 1. The Morgan fingerprint density at radius 1 is 1.65 bits per heavy atom. The Balaban J connectivity index is 2.04. The van der Waals surface area contributed by atoms with E-state index in [2.05, 4.69) is 5.32 Å². The van der Waals surface area contributed by atoms with Gasteiger partial charge >= 0.3 is 0 Å². The van der Waals surface area contributed by atoms with Crippen LogP contribution in [0.1, 0.15) is 24.4 Å². The molecule has 0 saturated heterocycles. The van der Waals surface area contributed by atoms with Crippen LogP contribution in [0, 0.1) is 0 Å². The van der Waals surface area contributed by atoms with Gasteiger partial charge in [-0.1, -0.05) is 11.6 Å². The summed E-state index contributed by atoms with van der Waals surface area (Å²) in [7, 11) is 0. The van der Waals surface area contributed by atoms with Crippen LogP contribution in [0.5, 0.6) is 0 Å². The maximum atomic E-state index is 12.1. The topological polar surface area (TPSA) is 55.1 Å². The Hall–Kier alpha value is -0.360. The fourth-order valence-corrected chi connectivity index (χ4v) is 3.95. The van der Waals surface area contributed by atoms with Crippen molar-refractivity contribution in [1.29, 1.82) is 0 Å². The Morgan fingerprint density at radius 2 is 2.45 bits per heavy atom. The molecule has 20 heavy (non-hydrogen) atoms. The maximum Gasteiger partial charge on any atom is 0.237 e. The molecule has 0 aromatic heterocycles. The van der Waals surface area contributed by atoms with E-state index < -0.39 is 6.04 Å². The number of hydrogen-bond donors (Lipinski definition) is 2. The molecule has 0 fully saturated rings. The molecule has 0 spiro atoms. The highest BCUT2D eigenvalue weighted by atomic mass is 35.5. The molecule has 1 aromatic carbocycles. The van der Waals surface area contributed by atoms with Crippen molar-refractivity contribution in [3.05, 3.63) is 28.8 Å². The average molecular weight is 331 g/mol. The number of carbonyl (C=O) groups excluding carboxylic acids is 1. The molecule has 2 atom stereocenters. The van der Waals surface area contributed by atoms with Gasteiger partial charge in [-0.3, -0.25) is 4.79 Å². The Labute approximate surface area is 133 Å². The molecule has 2 rings (SSSR count). The number of rotatable bonds is 5. The van der Waals surface area contributed by atoms with Gasteiger partial charge in [0.05, 0.1) is 12.1 Å². The molecule has 0 saturated carbocycles. The lowest BCUT2D eigenvalue weighted by Crippen LogP contribution is -2.43. The molecule has 110 valence electrons. The number of carbonyl (C=O) groups is 1. The monoisotopic (exact) mass is 330 g/mol.